The van der Waals surface area contributed by atoms with Crippen LogP contribution < -0.4 is 5.73 Å². The van der Waals surface area contributed by atoms with Crippen molar-refractivity contribution in [2.45, 2.75) is 0 Å². The summed E-state index contributed by atoms with van der Waals surface area (Å²) in [4.78, 5) is 8.67. The average molecular weight is 271 g/mol. The van der Waals surface area contributed by atoms with E-state index in [4.69, 9.17) is 16.3 Å². The van der Waals surface area contributed by atoms with E-state index < -0.39 is 0 Å². The lowest BCUT2D eigenvalue weighted by atomic mass is 10.00. The monoisotopic (exact) mass is 271 g/mol. The van der Waals surface area contributed by atoms with Crippen LogP contribution in [0.5, 0.6) is 0 Å². The molecular formula is C16H9N5. The highest BCUT2D eigenvalue weighted by atomic mass is 15.0. The van der Waals surface area contributed by atoms with E-state index in [9.17, 15) is 0 Å². The van der Waals surface area contributed by atoms with Crippen molar-refractivity contribution in [2.75, 3.05) is 0 Å². The summed E-state index contributed by atoms with van der Waals surface area (Å²) >= 11 is 0. The fourth-order valence-corrected chi connectivity index (χ4v) is 2.13. The molecule has 0 fully saturated rings. The van der Waals surface area contributed by atoms with Crippen molar-refractivity contribution in [1.82, 2.24) is 0 Å². The number of amidine groups is 2. The van der Waals surface area contributed by atoms with Gasteiger partial charge in [0.15, 0.2) is 5.84 Å². The molecule has 5 heteroatoms. The van der Waals surface area contributed by atoms with Crippen LogP contribution in [-0.4, -0.2) is 11.7 Å². The maximum atomic E-state index is 9.11. The average Bonchev–Trinajstić information content (AvgIpc) is 2.82. The first-order valence-corrected chi connectivity index (χ1v) is 6.20. The van der Waals surface area contributed by atoms with Crippen LogP contribution in [-0.2, 0) is 0 Å². The molecule has 0 aliphatic carbocycles. The molecule has 2 aromatic carbocycles. The summed E-state index contributed by atoms with van der Waals surface area (Å²) in [5, 5.41) is 18.2. The normalized spacial score (nSPS) is 14.2. The summed E-state index contributed by atoms with van der Waals surface area (Å²) in [6.45, 7) is 0. The molecule has 0 unspecified atom stereocenters. The molecule has 5 nitrogen and oxygen atoms in total. The maximum absolute atomic E-state index is 9.11. The third-order valence-electron chi connectivity index (χ3n) is 3.13. The van der Waals surface area contributed by atoms with Crippen molar-refractivity contribution in [3.63, 3.8) is 0 Å². The molecule has 1 aliphatic heterocycles. The van der Waals surface area contributed by atoms with Crippen molar-refractivity contribution >= 4 is 17.4 Å². The number of nitriles is 2. The van der Waals surface area contributed by atoms with Gasteiger partial charge in [0.25, 0.3) is 0 Å². The van der Waals surface area contributed by atoms with Crippen LogP contribution in [0.25, 0.3) is 0 Å². The molecule has 2 N–H and O–H groups in total. The predicted octanol–water partition coefficient (Wildman–Crippen LogP) is 2.23. The number of hydrogen-bond donors (Lipinski definition) is 1. The van der Waals surface area contributed by atoms with Crippen molar-refractivity contribution in [1.29, 1.82) is 10.5 Å². The highest BCUT2D eigenvalue weighted by Crippen LogP contribution is 2.24. The molecule has 3 rings (SSSR count). The minimum absolute atomic E-state index is 0.287. The van der Waals surface area contributed by atoms with Gasteiger partial charge in [-0.15, -0.1) is 0 Å². The maximum Gasteiger partial charge on any atom is 0.162 e. The van der Waals surface area contributed by atoms with Gasteiger partial charge in [-0.2, -0.15) is 10.5 Å². The number of aliphatic imine (C=N–C) groups is 2. The van der Waals surface area contributed by atoms with Gasteiger partial charge in [0.05, 0.1) is 16.8 Å². The number of nitrogens with two attached hydrogens (primary N) is 1. The number of nitrogens with zero attached hydrogens (tertiary/aromatic N) is 4. The van der Waals surface area contributed by atoms with Crippen LogP contribution in [0.15, 0.2) is 52.4 Å². The molecule has 1 aliphatic rings. The van der Waals surface area contributed by atoms with E-state index in [1.165, 1.54) is 0 Å². The molecular weight excluding hydrogens is 262 g/mol. The van der Waals surface area contributed by atoms with Gasteiger partial charge < -0.3 is 5.73 Å². The molecule has 21 heavy (non-hydrogen) atoms. The first-order valence-electron chi connectivity index (χ1n) is 6.20. The molecule has 98 valence electrons. The third-order valence-corrected chi connectivity index (χ3v) is 3.13. The summed E-state index contributed by atoms with van der Waals surface area (Å²) in [6.07, 6.45) is 0. The lowest BCUT2D eigenvalue weighted by Gasteiger charge is -2.02. The summed E-state index contributed by atoms with van der Waals surface area (Å²) in [7, 11) is 0. The van der Waals surface area contributed by atoms with Gasteiger partial charge in [-0.05, 0) is 24.3 Å². The Morgan fingerprint density at radius 2 is 1.57 bits per heavy atom. The van der Waals surface area contributed by atoms with E-state index in [1.54, 1.807) is 12.1 Å². The molecule has 2 aromatic rings. The third kappa shape index (κ3) is 2.13. The van der Waals surface area contributed by atoms with Gasteiger partial charge in [0.1, 0.15) is 18.0 Å². The molecule has 0 bridgehead atoms. The quantitative estimate of drug-likeness (QED) is 0.860. The number of rotatable bonds is 1. The fraction of sp³-hybridized carbons (Fsp3) is 0. The van der Waals surface area contributed by atoms with Crippen molar-refractivity contribution in [2.24, 2.45) is 15.7 Å². The second-order valence-electron chi connectivity index (χ2n) is 4.43. The Labute approximate surface area is 121 Å². The van der Waals surface area contributed by atoms with Crippen molar-refractivity contribution in [3.8, 4) is 12.1 Å². The van der Waals surface area contributed by atoms with Crippen LogP contribution >= 0.6 is 0 Å². The van der Waals surface area contributed by atoms with Gasteiger partial charge in [0.2, 0.25) is 0 Å². The minimum atomic E-state index is 0.287. The Kier molecular flexibility index (Phi) is 2.95. The first kappa shape index (κ1) is 12.6. The Hall–Kier alpha value is -3.44. The van der Waals surface area contributed by atoms with Gasteiger partial charge in [-0.3, -0.25) is 0 Å². The molecule has 0 spiro atoms. The van der Waals surface area contributed by atoms with E-state index in [-0.39, 0.29) is 5.56 Å². The van der Waals surface area contributed by atoms with E-state index in [2.05, 4.69) is 9.98 Å². The zero-order chi connectivity index (χ0) is 14.8. The second kappa shape index (κ2) is 4.92. The predicted molar refractivity (Wildman–Crippen MR) is 79.2 cm³/mol. The van der Waals surface area contributed by atoms with Crippen molar-refractivity contribution in [3.05, 3.63) is 64.7 Å². The van der Waals surface area contributed by atoms with Gasteiger partial charge >= 0.3 is 0 Å². The Morgan fingerprint density at radius 1 is 0.952 bits per heavy atom. The van der Waals surface area contributed by atoms with E-state index in [0.717, 1.165) is 5.69 Å². The van der Waals surface area contributed by atoms with Gasteiger partial charge in [-0.1, -0.05) is 18.2 Å². The SMILES string of the molecule is N#Cc1cc2c(cc1C#N)C(=Nc1ccccc1)N=C2N. The van der Waals surface area contributed by atoms with Crippen LogP contribution in [0.1, 0.15) is 22.3 Å². The molecule has 0 atom stereocenters. The van der Waals surface area contributed by atoms with E-state index >= 15 is 0 Å². The van der Waals surface area contributed by atoms with Crippen LogP contribution in [0, 0.1) is 22.7 Å². The summed E-state index contributed by atoms with van der Waals surface area (Å²) in [6, 6.07) is 16.5. The molecule has 0 radical (unpaired) electrons. The van der Waals surface area contributed by atoms with Crippen LogP contribution in [0.2, 0.25) is 0 Å². The molecule has 0 saturated carbocycles. The summed E-state index contributed by atoms with van der Waals surface area (Å²) in [5.74, 6) is 0.760. The topological polar surface area (TPSA) is 98.3 Å². The standard InChI is InChI=1S/C16H9N5/c17-8-10-6-13-14(7-11(10)9-18)16(21-15(13)19)20-12-4-2-1-3-5-12/h1-7H,(H2,19,20,21). The lowest BCUT2D eigenvalue weighted by molar-refractivity contribution is 1.41. The molecule has 0 aromatic heterocycles. The Morgan fingerprint density at radius 3 is 2.19 bits per heavy atom. The highest BCUT2D eigenvalue weighted by Gasteiger charge is 2.22. The fourth-order valence-electron chi connectivity index (χ4n) is 2.13. The number of hydrogen-bond acceptors (Lipinski definition) is 4. The van der Waals surface area contributed by atoms with E-state index in [0.29, 0.717) is 28.4 Å². The Bertz CT molecular complexity index is 864. The lowest BCUT2D eigenvalue weighted by Crippen LogP contribution is -2.10. The minimum Gasteiger partial charge on any atom is -0.383 e. The molecule has 0 amide bonds. The van der Waals surface area contributed by atoms with Gasteiger partial charge in [0, 0.05) is 11.1 Å². The molecule has 0 saturated heterocycles. The van der Waals surface area contributed by atoms with Gasteiger partial charge in [-0.25, -0.2) is 9.98 Å². The van der Waals surface area contributed by atoms with E-state index in [1.807, 2.05) is 42.5 Å². The highest BCUT2D eigenvalue weighted by molar-refractivity contribution is 6.22. The summed E-state index contributed by atoms with van der Waals surface area (Å²) < 4.78 is 0. The smallest absolute Gasteiger partial charge is 0.162 e. The summed E-state index contributed by atoms with van der Waals surface area (Å²) in [5.41, 5.74) is 8.53. The number of para-hydroxylation sites is 1. The largest absolute Gasteiger partial charge is 0.383 e. The first-order chi connectivity index (χ1) is 10.2. The zero-order valence-corrected chi connectivity index (χ0v) is 10.9. The Balaban J connectivity index is 2.18. The second-order valence-corrected chi connectivity index (χ2v) is 4.43. The number of fused-ring (bicyclic) bond motifs is 1. The molecule has 1 heterocycles. The van der Waals surface area contributed by atoms with Crippen LogP contribution in [0.4, 0.5) is 5.69 Å². The zero-order valence-electron chi connectivity index (χ0n) is 10.9. The number of benzene rings is 2. The van der Waals surface area contributed by atoms with Crippen LogP contribution in [0.3, 0.4) is 0 Å². The van der Waals surface area contributed by atoms with Crippen molar-refractivity contribution < 1.29 is 0 Å².